The van der Waals surface area contributed by atoms with E-state index in [4.69, 9.17) is 0 Å². The number of benzene rings is 1. The Morgan fingerprint density at radius 3 is 2.83 bits per heavy atom. The maximum atomic E-state index is 11.7. The minimum atomic E-state index is -0.788. The SMILES string of the molecule is Cc1cccc(NC(=O)NCC(C)(O)C2CC2)c1. The molecule has 0 aromatic heterocycles. The van der Waals surface area contributed by atoms with Crippen molar-refractivity contribution in [2.45, 2.75) is 32.3 Å². The van der Waals surface area contributed by atoms with Crippen molar-refractivity contribution >= 4 is 11.7 Å². The summed E-state index contributed by atoms with van der Waals surface area (Å²) in [7, 11) is 0. The summed E-state index contributed by atoms with van der Waals surface area (Å²) in [5, 5.41) is 15.5. The molecule has 1 fully saturated rings. The molecule has 0 bridgehead atoms. The van der Waals surface area contributed by atoms with Crippen LogP contribution in [0.5, 0.6) is 0 Å². The molecule has 1 saturated carbocycles. The highest BCUT2D eigenvalue weighted by Gasteiger charge is 2.39. The molecule has 18 heavy (non-hydrogen) atoms. The van der Waals surface area contributed by atoms with Crippen LogP contribution >= 0.6 is 0 Å². The molecule has 4 nitrogen and oxygen atoms in total. The fraction of sp³-hybridized carbons (Fsp3) is 0.500. The Bertz CT molecular complexity index is 439. The van der Waals surface area contributed by atoms with Gasteiger partial charge in [-0.25, -0.2) is 4.79 Å². The number of hydrogen-bond acceptors (Lipinski definition) is 2. The molecule has 98 valence electrons. The number of anilines is 1. The molecule has 2 amide bonds. The highest BCUT2D eigenvalue weighted by molar-refractivity contribution is 5.89. The first-order valence-electron chi connectivity index (χ1n) is 6.31. The van der Waals surface area contributed by atoms with Crippen LogP contribution < -0.4 is 10.6 Å². The van der Waals surface area contributed by atoms with Gasteiger partial charge in [-0.15, -0.1) is 0 Å². The average molecular weight is 248 g/mol. The third-order valence-electron chi connectivity index (χ3n) is 3.34. The van der Waals surface area contributed by atoms with Gasteiger partial charge in [0.25, 0.3) is 0 Å². The summed E-state index contributed by atoms with van der Waals surface area (Å²) in [6.45, 7) is 4.04. The second-order valence-corrected chi connectivity index (χ2v) is 5.31. The van der Waals surface area contributed by atoms with Crippen LogP contribution in [0, 0.1) is 12.8 Å². The van der Waals surface area contributed by atoms with Crippen LogP contribution in [-0.4, -0.2) is 23.3 Å². The van der Waals surface area contributed by atoms with Crippen molar-refractivity contribution in [2.75, 3.05) is 11.9 Å². The lowest BCUT2D eigenvalue weighted by Crippen LogP contribution is -2.43. The van der Waals surface area contributed by atoms with Crippen molar-refractivity contribution in [2.24, 2.45) is 5.92 Å². The third-order valence-corrected chi connectivity index (χ3v) is 3.34. The normalized spacial score (nSPS) is 17.9. The standard InChI is InChI=1S/C14H20N2O2/c1-10-4-3-5-12(8-10)16-13(17)15-9-14(2,18)11-6-7-11/h3-5,8,11,18H,6-7,9H2,1-2H3,(H2,15,16,17). The number of rotatable bonds is 4. The van der Waals surface area contributed by atoms with Gasteiger partial charge in [-0.3, -0.25) is 0 Å². The largest absolute Gasteiger partial charge is 0.388 e. The number of aryl methyl sites for hydroxylation is 1. The summed E-state index contributed by atoms with van der Waals surface area (Å²) in [6.07, 6.45) is 2.10. The van der Waals surface area contributed by atoms with Gasteiger partial charge in [-0.1, -0.05) is 12.1 Å². The van der Waals surface area contributed by atoms with Gasteiger partial charge in [0.05, 0.1) is 5.60 Å². The van der Waals surface area contributed by atoms with Gasteiger partial charge in [-0.2, -0.15) is 0 Å². The van der Waals surface area contributed by atoms with Crippen molar-refractivity contribution < 1.29 is 9.90 Å². The lowest BCUT2D eigenvalue weighted by molar-refractivity contribution is 0.0398. The molecule has 1 aliphatic rings. The third kappa shape index (κ3) is 3.47. The zero-order valence-electron chi connectivity index (χ0n) is 10.9. The fourth-order valence-corrected chi connectivity index (χ4v) is 2.01. The fourth-order valence-electron chi connectivity index (χ4n) is 2.01. The molecule has 3 N–H and O–H groups in total. The van der Waals surface area contributed by atoms with Crippen molar-refractivity contribution in [1.29, 1.82) is 0 Å². The topological polar surface area (TPSA) is 61.4 Å². The Morgan fingerprint density at radius 2 is 2.22 bits per heavy atom. The van der Waals surface area contributed by atoms with Crippen LogP contribution in [0.4, 0.5) is 10.5 Å². The molecule has 2 rings (SSSR count). The van der Waals surface area contributed by atoms with Gasteiger partial charge in [0.15, 0.2) is 0 Å². The molecule has 0 aliphatic heterocycles. The van der Waals surface area contributed by atoms with E-state index in [0.717, 1.165) is 24.1 Å². The Labute approximate surface area is 107 Å². The quantitative estimate of drug-likeness (QED) is 0.765. The van der Waals surface area contributed by atoms with E-state index in [9.17, 15) is 9.90 Å². The van der Waals surface area contributed by atoms with Crippen LogP contribution in [0.15, 0.2) is 24.3 Å². The highest BCUT2D eigenvalue weighted by Crippen LogP contribution is 2.38. The molecule has 1 aromatic rings. The van der Waals surface area contributed by atoms with E-state index in [-0.39, 0.29) is 12.6 Å². The van der Waals surface area contributed by atoms with Crippen LogP contribution in [0.1, 0.15) is 25.3 Å². The molecule has 0 saturated heterocycles. The molecule has 1 atom stereocenters. The summed E-state index contributed by atoms with van der Waals surface area (Å²) in [4.78, 5) is 11.7. The number of hydrogen-bond donors (Lipinski definition) is 3. The van der Waals surface area contributed by atoms with Crippen molar-refractivity contribution in [3.05, 3.63) is 29.8 Å². The van der Waals surface area contributed by atoms with Crippen molar-refractivity contribution in [3.8, 4) is 0 Å². The van der Waals surface area contributed by atoms with Gasteiger partial charge in [0.2, 0.25) is 0 Å². The summed E-state index contributed by atoms with van der Waals surface area (Å²) in [6, 6.07) is 7.33. The van der Waals surface area contributed by atoms with Gasteiger partial charge >= 0.3 is 6.03 Å². The number of amides is 2. The minimum Gasteiger partial charge on any atom is -0.388 e. The van der Waals surface area contributed by atoms with Crippen LogP contribution in [0.25, 0.3) is 0 Å². The predicted octanol–water partition coefficient (Wildman–Crippen LogP) is 2.28. The van der Waals surface area contributed by atoms with E-state index in [1.807, 2.05) is 31.2 Å². The predicted molar refractivity (Wildman–Crippen MR) is 71.5 cm³/mol. The first-order chi connectivity index (χ1) is 8.47. The zero-order chi connectivity index (χ0) is 13.2. The first-order valence-corrected chi connectivity index (χ1v) is 6.31. The Hall–Kier alpha value is -1.55. The molecular formula is C14H20N2O2. The van der Waals surface area contributed by atoms with Crippen molar-refractivity contribution in [1.82, 2.24) is 5.32 Å². The highest BCUT2D eigenvalue weighted by atomic mass is 16.3. The van der Waals surface area contributed by atoms with Gasteiger partial charge in [-0.05, 0) is 50.3 Å². The van der Waals surface area contributed by atoms with E-state index in [1.165, 1.54) is 0 Å². The smallest absolute Gasteiger partial charge is 0.319 e. The number of carbonyl (C=O) groups excluding carboxylic acids is 1. The first kappa shape index (κ1) is 12.9. The molecular weight excluding hydrogens is 228 g/mol. The lowest BCUT2D eigenvalue weighted by Gasteiger charge is -2.23. The Balaban J connectivity index is 1.82. The zero-order valence-corrected chi connectivity index (χ0v) is 10.9. The molecule has 0 spiro atoms. The minimum absolute atomic E-state index is 0.276. The molecule has 1 unspecified atom stereocenters. The number of urea groups is 1. The van der Waals surface area contributed by atoms with Crippen LogP contribution in [-0.2, 0) is 0 Å². The monoisotopic (exact) mass is 248 g/mol. The molecule has 1 aliphatic carbocycles. The van der Waals surface area contributed by atoms with E-state index in [2.05, 4.69) is 10.6 Å². The molecule has 1 aromatic carbocycles. The maximum Gasteiger partial charge on any atom is 0.319 e. The van der Waals surface area contributed by atoms with Gasteiger partial charge in [0, 0.05) is 12.2 Å². The molecule has 0 heterocycles. The average Bonchev–Trinajstić information content (AvgIpc) is 3.10. The second-order valence-electron chi connectivity index (χ2n) is 5.31. The van der Waals surface area contributed by atoms with Gasteiger partial charge < -0.3 is 15.7 Å². The summed E-state index contributed by atoms with van der Waals surface area (Å²) < 4.78 is 0. The van der Waals surface area contributed by atoms with E-state index < -0.39 is 5.60 Å². The molecule has 0 radical (unpaired) electrons. The Kier molecular flexibility index (Phi) is 3.57. The number of aliphatic hydroxyl groups is 1. The lowest BCUT2D eigenvalue weighted by atomic mass is 10.0. The van der Waals surface area contributed by atoms with E-state index >= 15 is 0 Å². The van der Waals surface area contributed by atoms with E-state index in [1.54, 1.807) is 6.92 Å². The van der Waals surface area contributed by atoms with E-state index in [0.29, 0.717) is 5.92 Å². The van der Waals surface area contributed by atoms with Crippen LogP contribution in [0.3, 0.4) is 0 Å². The summed E-state index contributed by atoms with van der Waals surface area (Å²) >= 11 is 0. The summed E-state index contributed by atoms with van der Waals surface area (Å²) in [5.74, 6) is 0.330. The summed E-state index contributed by atoms with van der Waals surface area (Å²) in [5.41, 5.74) is 1.07. The maximum absolute atomic E-state index is 11.7. The number of carbonyl (C=O) groups is 1. The van der Waals surface area contributed by atoms with Crippen LogP contribution in [0.2, 0.25) is 0 Å². The molecule has 4 heteroatoms. The second kappa shape index (κ2) is 4.98. The Morgan fingerprint density at radius 1 is 1.50 bits per heavy atom. The van der Waals surface area contributed by atoms with Crippen molar-refractivity contribution in [3.63, 3.8) is 0 Å². The number of nitrogens with one attached hydrogen (secondary N) is 2. The van der Waals surface area contributed by atoms with Gasteiger partial charge in [0.1, 0.15) is 0 Å².